The van der Waals surface area contributed by atoms with Gasteiger partial charge in [-0.05, 0) is 58.2 Å². The van der Waals surface area contributed by atoms with Crippen LogP contribution in [0.15, 0.2) is 35.9 Å². The van der Waals surface area contributed by atoms with Crippen molar-refractivity contribution in [2.45, 2.75) is 60.1 Å². The van der Waals surface area contributed by atoms with Gasteiger partial charge in [-0.3, -0.25) is 14.9 Å². The number of benzene rings is 1. The van der Waals surface area contributed by atoms with Crippen LogP contribution in [0.1, 0.15) is 57.2 Å². The van der Waals surface area contributed by atoms with E-state index in [2.05, 4.69) is 10.3 Å². The van der Waals surface area contributed by atoms with Crippen LogP contribution in [0.3, 0.4) is 0 Å². The summed E-state index contributed by atoms with van der Waals surface area (Å²) in [6.07, 6.45) is 7.95. The summed E-state index contributed by atoms with van der Waals surface area (Å²) in [5.74, 6) is 0.133. The van der Waals surface area contributed by atoms with Gasteiger partial charge in [0.05, 0.1) is 11.0 Å². The second-order valence-corrected chi connectivity index (χ2v) is 8.34. The zero-order valence-electron chi connectivity index (χ0n) is 18.2. The Morgan fingerprint density at radius 3 is 2.62 bits per heavy atom. The lowest BCUT2D eigenvalue weighted by atomic mass is 10.1. The van der Waals surface area contributed by atoms with Crippen molar-refractivity contribution in [1.82, 2.24) is 9.55 Å². The average molecular weight is 442 g/mol. The standard InChI is InChI=1S/C23H27N3O5.CH4/c1-15-24-21-17(13-27)10-18(25-22(29)30-14-16-8-6-5-7-9-16)11-19(21)26(15)12-20(28)31-23(2,3)4;/h6,8-11,13H,5,7,12,14H2,1-4H3,(H,25,29);1H4. The van der Waals surface area contributed by atoms with Crippen molar-refractivity contribution in [3.63, 3.8) is 0 Å². The van der Waals surface area contributed by atoms with E-state index in [9.17, 15) is 14.4 Å². The first-order chi connectivity index (χ1) is 14.7. The molecule has 1 heterocycles. The molecule has 0 bridgehead atoms. The van der Waals surface area contributed by atoms with E-state index in [1.807, 2.05) is 18.2 Å². The molecule has 3 rings (SSSR count). The number of aromatic nitrogens is 2. The first-order valence-corrected chi connectivity index (χ1v) is 10.1. The highest BCUT2D eigenvalue weighted by molar-refractivity contribution is 5.99. The number of anilines is 1. The first kappa shape index (κ1) is 24.8. The molecular weight excluding hydrogens is 410 g/mol. The number of aldehydes is 1. The highest BCUT2D eigenvalue weighted by Gasteiger charge is 2.20. The minimum Gasteiger partial charge on any atom is -0.459 e. The lowest BCUT2D eigenvalue weighted by Gasteiger charge is -2.20. The van der Waals surface area contributed by atoms with Gasteiger partial charge in [0, 0.05) is 11.3 Å². The van der Waals surface area contributed by atoms with Crippen LogP contribution in [0, 0.1) is 6.92 Å². The van der Waals surface area contributed by atoms with Gasteiger partial charge in [0.1, 0.15) is 24.6 Å². The van der Waals surface area contributed by atoms with E-state index in [1.54, 1.807) is 38.3 Å². The number of nitrogens with zero attached hydrogens (tertiary/aromatic N) is 2. The quantitative estimate of drug-likeness (QED) is 0.502. The zero-order valence-corrected chi connectivity index (χ0v) is 18.2. The number of ether oxygens (including phenoxy) is 2. The Hall–Kier alpha value is -3.42. The molecule has 1 aromatic heterocycles. The summed E-state index contributed by atoms with van der Waals surface area (Å²) < 4.78 is 12.3. The largest absolute Gasteiger partial charge is 0.459 e. The molecular formula is C24H31N3O5. The van der Waals surface area contributed by atoms with Gasteiger partial charge < -0.3 is 14.0 Å². The molecule has 0 atom stereocenters. The van der Waals surface area contributed by atoms with Gasteiger partial charge in [-0.2, -0.15) is 0 Å². The van der Waals surface area contributed by atoms with Crippen molar-refractivity contribution in [2.24, 2.45) is 0 Å². The Kier molecular flexibility index (Phi) is 7.97. The number of carbonyl (C=O) groups excluding carboxylic acids is 3. The van der Waals surface area contributed by atoms with E-state index >= 15 is 0 Å². The van der Waals surface area contributed by atoms with Crippen LogP contribution in [0.2, 0.25) is 0 Å². The molecule has 0 fully saturated rings. The van der Waals surface area contributed by atoms with E-state index in [4.69, 9.17) is 9.47 Å². The van der Waals surface area contributed by atoms with Crippen LogP contribution in [0.5, 0.6) is 0 Å². The van der Waals surface area contributed by atoms with Crippen LogP contribution in [-0.2, 0) is 20.8 Å². The minimum atomic E-state index is -0.633. The number of esters is 1. The number of rotatable bonds is 6. The maximum atomic E-state index is 12.3. The maximum absolute atomic E-state index is 12.3. The Bertz CT molecular complexity index is 1070. The summed E-state index contributed by atoms with van der Waals surface area (Å²) in [5, 5.41) is 2.65. The van der Waals surface area contributed by atoms with Gasteiger partial charge in [0.15, 0.2) is 6.29 Å². The van der Waals surface area contributed by atoms with Crippen LogP contribution in [0.25, 0.3) is 11.0 Å². The minimum absolute atomic E-state index is 0. The summed E-state index contributed by atoms with van der Waals surface area (Å²) in [5.41, 5.74) is 1.99. The molecule has 2 aromatic rings. The number of nitrogens with one attached hydrogen (secondary N) is 1. The molecule has 0 aliphatic heterocycles. The smallest absolute Gasteiger partial charge is 0.411 e. The fourth-order valence-electron chi connectivity index (χ4n) is 3.31. The summed E-state index contributed by atoms with van der Waals surface area (Å²) in [4.78, 5) is 40.6. The van der Waals surface area contributed by atoms with E-state index in [0.717, 1.165) is 18.4 Å². The molecule has 0 unspecified atom stereocenters. The van der Waals surface area contributed by atoms with Crippen molar-refractivity contribution >= 4 is 35.1 Å². The molecule has 8 heteroatoms. The predicted octanol–water partition coefficient (Wildman–Crippen LogP) is 4.96. The number of aryl methyl sites for hydroxylation is 1. The van der Waals surface area contributed by atoms with E-state index < -0.39 is 17.7 Å². The molecule has 0 saturated carbocycles. The van der Waals surface area contributed by atoms with E-state index in [-0.39, 0.29) is 20.6 Å². The molecule has 1 aliphatic carbocycles. The second kappa shape index (κ2) is 10.3. The van der Waals surface area contributed by atoms with Gasteiger partial charge in [0.2, 0.25) is 0 Å². The molecule has 8 nitrogen and oxygen atoms in total. The summed E-state index contributed by atoms with van der Waals surface area (Å²) >= 11 is 0. The molecule has 0 radical (unpaired) electrons. The normalized spacial score (nSPS) is 13.2. The number of fused-ring (bicyclic) bond motifs is 1. The molecule has 0 spiro atoms. The SMILES string of the molecule is C.Cc1nc2c(C=O)cc(NC(=O)OCC3=CCCC=C3)cc2n1CC(=O)OC(C)(C)C. The van der Waals surface area contributed by atoms with Crippen molar-refractivity contribution in [2.75, 3.05) is 11.9 Å². The molecule has 1 aromatic carbocycles. The van der Waals surface area contributed by atoms with Gasteiger partial charge in [-0.25, -0.2) is 9.78 Å². The molecule has 172 valence electrons. The third kappa shape index (κ3) is 6.29. The Balaban J connectivity index is 0.00000363. The number of hydrogen-bond acceptors (Lipinski definition) is 6. The first-order valence-electron chi connectivity index (χ1n) is 10.1. The highest BCUT2D eigenvalue weighted by Crippen LogP contribution is 2.25. The second-order valence-electron chi connectivity index (χ2n) is 8.34. The molecule has 0 saturated heterocycles. The zero-order chi connectivity index (χ0) is 22.6. The number of amides is 1. The lowest BCUT2D eigenvalue weighted by Crippen LogP contribution is -2.26. The fourth-order valence-corrected chi connectivity index (χ4v) is 3.31. The summed E-state index contributed by atoms with van der Waals surface area (Å²) in [6, 6.07) is 3.19. The number of allylic oxidation sites excluding steroid dienone is 2. The van der Waals surface area contributed by atoms with Crippen LogP contribution >= 0.6 is 0 Å². The number of carbonyl (C=O) groups is 3. The number of imidazole rings is 1. The Morgan fingerprint density at radius 2 is 2.00 bits per heavy atom. The van der Waals surface area contributed by atoms with Crippen molar-refractivity contribution in [1.29, 1.82) is 0 Å². The molecule has 1 N–H and O–H groups in total. The van der Waals surface area contributed by atoms with Gasteiger partial charge in [0.25, 0.3) is 0 Å². The number of hydrogen-bond donors (Lipinski definition) is 1. The monoisotopic (exact) mass is 441 g/mol. The van der Waals surface area contributed by atoms with Gasteiger partial charge >= 0.3 is 12.1 Å². The van der Waals surface area contributed by atoms with Crippen LogP contribution in [0.4, 0.5) is 10.5 Å². The van der Waals surface area contributed by atoms with E-state index in [0.29, 0.717) is 34.4 Å². The Labute approximate surface area is 188 Å². The molecule has 1 aliphatic rings. The fraction of sp³-hybridized carbons (Fsp3) is 0.417. The third-order valence-corrected chi connectivity index (χ3v) is 4.60. The average Bonchev–Trinajstić information content (AvgIpc) is 3.00. The predicted molar refractivity (Wildman–Crippen MR) is 124 cm³/mol. The highest BCUT2D eigenvalue weighted by atomic mass is 16.6. The topological polar surface area (TPSA) is 99.5 Å². The van der Waals surface area contributed by atoms with Gasteiger partial charge in [-0.15, -0.1) is 0 Å². The van der Waals surface area contributed by atoms with Crippen molar-refractivity contribution < 1.29 is 23.9 Å². The van der Waals surface area contributed by atoms with Crippen molar-refractivity contribution in [3.8, 4) is 0 Å². The maximum Gasteiger partial charge on any atom is 0.411 e. The lowest BCUT2D eigenvalue weighted by molar-refractivity contribution is -0.155. The third-order valence-electron chi connectivity index (χ3n) is 4.60. The van der Waals surface area contributed by atoms with E-state index in [1.165, 1.54) is 6.07 Å². The molecule has 1 amide bonds. The summed E-state index contributed by atoms with van der Waals surface area (Å²) in [7, 11) is 0. The Morgan fingerprint density at radius 1 is 1.25 bits per heavy atom. The summed E-state index contributed by atoms with van der Waals surface area (Å²) in [6.45, 7) is 7.22. The van der Waals surface area contributed by atoms with Gasteiger partial charge in [-0.1, -0.05) is 25.7 Å². The van der Waals surface area contributed by atoms with Crippen LogP contribution < -0.4 is 5.32 Å². The molecule has 32 heavy (non-hydrogen) atoms. The van der Waals surface area contributed by atoms with Crippen molar-refractivity contribution in [3.05, 3.63) is 47.3 Å². The van der Waals surface area contributed by atoms with Crippen LogP contribution in [-0.4, -0.2) is 40.1 Å².